The number of nitrogens with zero attached hydrogens (tertiary/aromatic N) is 1. The predicted octanol–water partition coefficient (Wildman–Crippen LogP) is 3.21. The van der Waals surface area contributed by atoms with Gasteiger partial charge in [-0.05, 0) is 55.6 Å². The molecular formula is C17H24N2S. The molecule has 2 fully saturated rings. The zero-order valence-electron chi connectivity index (χ0n) is 12.2. The average molecular weight is 288 g/mol. The molecule has 0 amide bonds. The van der Waals surface area contributed by atoms with Crippen molar-refractivity contribution in [1.82, 2.24) is 4.90 Å². The number of likely N-dealkylation sites (tertiary alicyclic amines) is 1. The largest absolute Gasteiger partial charge is 0.320 e. The van der Waals surface area contributed by atoms with Gasteiger partial charge < -0.3 is 5.73 Å². The van der Waals surface area contributed by atoms with Gasteiger partial charge in [0.25, 0.3) is 0 Å². The van der Waals surface area contributed by atoms with Crippen LogP contribution in [0.4, 0.5) is 0 Å². The van der Waals surface area contributed by atoms with E-state index in [4.69, 9.17) is 5.73 Å². The van der Waals surface area contributed by atoms with Crippen LogP contribution in [0.1, 0.15) is 49.0 Å². The zero-order chi connectivity index (χ0) is 13.8. The lowest BCUT2D eigenvalue weighted by atomic mass is 9.77. The molecule has 2 aliphatic rings. The summed E-state index contributed by atoms with van der Waals surface area (Å²) in [4.78, 5) is 4.02. The number of piperidine rings is 1. The fourth-order valence-electron chi connectivity index (χ4n) is 3.73. The smallest absolute Gasteiger partial charge is 0.0555 e. The minimum atomic E-state index is 0.446. The molecule has 1 aliphatic carbocycles. The van der Waals surface area contributed by atoms with E-state index in [0.717, 1.165) is 6.54 Å². The van der Waals surface area contributed by atoms with Crippen LogP contribution in [0.2, 0.25) is 0 Å². The Kier molecular flexibility index (Phi) is 4.45. The lowest BCUT2D eigenvalue weighted by Crippen LogP contribution is -2.38. The van der Waals surface area contributed by atoms with Crippen LogP contribution in [0.15, 0.2) is 11.4 Å². The second-order valence-corrected chi connectivity index (χ2v) is 7.25. The molecule has 2 N–H and O–H groups in total. The Bertz CT molecular complexity index is 493. The first-order valence-corrected chi connectivity index (χ1v) is 8.67. The quantitative estimate of drug-likeness (QED) is 0.847. The van der Waals surface area contributed by atoms with E-state index in [1.165, 1.54) is 62.1 Å². The molecule has 2 heterocycles. The van der Waals surface area contributed by atoms with Crippen molar-refractivity contribution in [1.29, 1.82) is 0 Å². The molecule has 0 atom stereocenters. The highest BCUT2D eigenvalue weighted by Gasteiger charge is 2.36. The molecular weight excluding hydrogens is 264 g/mol. The minimum absolute atomic E-state index is 0.446. The van der Waals surface area contributed by atoms with Gasteiger partial charge >= 0.3 is 0 Å². The fraction of sp³-hybridized carbons (Fsp3) is 0.647. The molecule has 1 spiro atoms. The van der Waals surface area contributed by atoms with Crippen LogP contribution in [0.3, 0.4) is 0 Å². The monoisotopic (exact) mass is 288 g/mol. The second-order valence-electron chi connectivity index (χ2n) is 6.25. The number of nitrogens with two attached hydrogens (primary N) is 1. The number of rotatable bonds is 2. The molecule has 1 saturated heterocycles. The molecule has 20 heavy (non-hydrogen) atoms. The summed E-state index contributed by atoms with van der Waals surface area (Å²) in [5.41, 5.74) is 7.36. The molecule has 108 valence electrons. The summed E-state index contributed by atoms with van der Waals surface area (Å²) in [6.07, 6.45) is 8.69. The summed E-state index contributed by atoms with van der Waals surface area (Å²) in [6.45, 7) is 4.05. The van der Waals surface area contributed by atoms with Gasteiger partial charge in [-0.2, -0.15) is 0 Å². The summed E-state index contributed by atoms with van der Waals surface area (Å²) >= 11 is 1.83. The van der Waals surface area contributed by atoms with Crippen molar-refractivity contribution in [2.75, 3.05) is 19.6 Å². The van der Waals surface area contributed by atoms with Gasteiger partial charge in [0.15, 0.2) is 0 Å². The summed E-state index contributed by atoms with van der Waals surface area (Å²) in [6, 6.07) is 2.13. The van der Waals surface area contributed by atoms with E-state index in [-0.39, 0.29) is 0 Å². The van der Waals surface area contributed by atoms with Crippen molar-refractivity contribution in [2.45, 2.75) is 45.1 Å². The van der Waals surface area contributed by atoms with Crippen molar-refractivity contribution < 1.29 is 0 Å². The van der Waals surface area contributed by atoms with Crippen molar-refractivity contribution in [3.05, 3.63) is 21.9 Å². The molecule has 1 aromatic heterocycles. The Morgan fingerprint density at radius 2 is 1.95 bits per heavy atom. The van der Waals surface area contributed by atoms with Crippen molar-refractivity contribution >= 4 is 11.3 Å². The van der Waals surface area contributed by atoms with E-state index in [9.17, 15) is 0 Å². The highest BCUT2D eigenvalue weighted by atomic mass is 32.1. The van der Waals surface area contributed by atoms with Gasteiger partial charge in [-0.25, -0.2) is 0 Å². The zero-order valence-corrected chi connectivity index (χ0v) is 13.0. The molecule has 1 aliphatic heterocycles. The third-order valence-corrected chi connectivity index (χ3v) is 5.92. The van der Waals surface area contributed by atoms with E-state index in [2.05, 4.69) is 28.2 Å². The Balaban J connectivity index is 1.58. The van der Waals surface area contributed by atoms with Gasteiger partial charge in [0.05, 0.1) is 6.54 Å². The van der Waals surface area contributed by atoms with Gasteiger partial charge in [-0.15, -0.1) is 11.3 Å². The number of hydrogen-bond donors (Lipinski definition) is 1. The molecule has 2 nitrogen and oxygen atoms in total. The number of hydrogen-bond acceptors (Lipinski definition) is 3. The van der Waals surface area contributed by atoms with Crippen LogP contribution < -0.4 is 5.73 Å². The van der Waals surface area contributed by atoms with Crippen LogP contribution in [-0.4, -0.2) is 24.5 Å². The normalized spacial score (nSPS) is 21.9. The molecule has 1 saturated carbocycles. The minimum Gasteiger partial charge on any atom is -0.320 e. The van der Waals surface area contributed by atoms with Crippen LogP contribution in [0.25, 0.3) is 0 Å². The van der Waals surface area contributed by atoms with Gasteiger partial charge in [0.1, 0.15) is 0 Å². The molecule has 0 unspecified atom stereocenters. The second kappa shape index (κ2) is 6.30. The molecule has 3 rings (SSSR count). The molecule has 1 aromatic rings. The molecule has 0 radical (unpaired) electrons. The first-order chi connectivity index (χ1) is 9.81. The maximum absolute atomic E-state index is 5.47. The first-order valence-electron chi connectivity index (χ1n) is 7.79. The van der Waals surface area contributed by atoms with Crippen molar-refractivity contribution in [2.24, 2.45) is 11.1 Å². The van der Waals surface area contributed by atoms with E-state index >= 15 is 0 Å². The highest BCUT2D eigenvalue weighted by Crippen LogP contribution is 2.46. The SMILES string of the molecule is NCC#Cc1ccsc1CN1CCC2(CCCC2)CC1. The van der Waals surface area contributed by atoms with Crippen LogP contribution in [0.5, 0.6) is 0 Å². The lowest BCUT2D eigenvalue weighted by molar-refractivity contribution is 0.104. The summed E-state index contributed by atoms with van der Waals surface area (Å²) in [5.74, 6) is 6.17. The molecule has 0 aromatic carbocycles. The van der Waals surface area contributed by atoms with Crippen LogP contribution in [-0.2, 0) is 6.54 Å². The highest BCUT2D eigenvalue weighted by molar-refractivity contribution is 7.10. The van der Waals surface area contributed by atoms with Crippen molar-refractivity contribution in [3.8, 4) is 11.8 Å². The maximum Gasteiger partial charge on any atom is 0.0555 e. The molecule has 0 bridgehead atoms. The van der Waals surface area contributed by atoms with E-state index in [0.29, 0.717) is 12.0 Å². The number of thiophene rings is 1. The lowest BCUT2D eigenvalue weighted by Gasteiger charge is -2.39. The summed E-state index contributed by atoms with van der Waals surface area (Å²) < 4.78 is 0. The van der Waals surface area contributed by atoms with Gasteiger partial charge in [-0.1, -0.05) is 24.7 Å². The Morgan fingerprint density at radius 1 is 1.20 bits per heavy atom. The van der Waals surface area contributed by atoms with Crippen molar-refractivity contribution in [3.63, 3.8) is 0 Å². The Hall–Kier alpha value is -0.820. The average Bonchev–Trinajstić information content (AvgIpc) is 3.09. The van der Waals surface area contributed by atoms with Crippen LogP contribution in [0, 0.1) is 17.3 Å². The van der Waals surface area contributed by atoms with E-state index in [1.807, 2.05) is 11.3 Å². The van der Waals surface area contributed by atoms with E-state index in [1.54, 1.807) is 0 Å². The Morgan fingerprint density at radius 3 is 2.65 bits per heavy atom. The third kappa shape index (κ3) is 3.09. The Labute approximate surface area is 126 Å². The fourth-order valence-corrected chi connectivity index (χ4v) is 4.61. The van der Waals surface area contributed by atoms with Gasteiger partial charge in [0, 0.05) is 17.0 Å². The third-order valence-electron chi connectivity index (χ3n) is 5.02. The van der Waals surface area contributed by atoms with Gasteiger partial charge in [0.2, 0.25) is 0 Å². The standard InChI is InChI=1S/C17H24N2S/c18-10-3-4-15-5-13-20-16(15)14-19-11-8-17(9-12-19)6-1-2-7-17/h5,13H,1-2,6-12,14,18H2. The molecule has 3 heteroatoms. The van der Waals surface area contributed by atoms with E-state index < -0.39 is 0 Å². The van der Waals surface area contributed by atoms with Gasteiger partial charge in [-0.3, -0.25) is 4.90 Å². The summed E-state index contributed by atoms with van der Waals surface area (Å²) in [5, 5.41) is 2.15. The maximum atomic E-state index is 5.47. The van der Waals surface area contributed by atoms with Crippen LogP contribution >= 0.6 is 11.3 Å². The first kappa shape index (κ1) is 14.1. The predicted molar refractivity (Wildman–Crippen MR) is 85.7 cm³/mol. The summed E-state index contributed by atoms with van der Waals surface area (Å²) in [7, 11) is 0. The topological polar surface area (TPSA) is 29.3 Å².